The summed E-state index contributed by atoms with van der Waals surface area (Å²) in [5, 5.41) is 4.09. The molecule has 0 amide bonds. The van der Waals surface area contributed by atoms with Crippen molar-refractivity contribution < 1.29 is 0 Å². The fourth-order valence-corrected chi connectivity index (χ4v) is 4.12. The normalized spacial score (nSPS) is 17.0. The molecule has 3 aromatic rings. The third-order valence-corrected chi connectivity index (χ3v) is 5.93. The number of benzene rings is 1. The van der Waals surface area contributed by atoms with Crippen molar-refractivity contribution in [3.05, 3.63) is 65.6 Å². The maximum Gasteiger partial charge on any atom is 0.147 e. The van der Waals surface area contributed by atoms with Gasteiger partial charge in [-0.1, -0.05) is 44.5 Å². The van der Waals surface area contributed by atoms with Gasteiger partial charge in [0.1, 0.15) is 23.8 Å². The van der Waals surface area contributed by atoms with Gasteiger partial charge < -0.3 is 15.1 Å². The van der Waals surface area contributed by atoms with Crippen molar-refractivity contribution >= 4 is 34.7 Å². The quantitative estimate of drug-likeness (QED) is 0.600. The summed E-state index contributed by atoms with van der Waals surface area (Å²) in [6, 6.07) is 14.5. The number of aromatic nitrogens is 3. The van der Waals surface area contributed by atoms with Gasteiger partial charge in [0.2, 0.25) is 0 Å². The van der Waals surface area contributed by atoms with Crippen LogP contribution in [0.1, 0.15) is 33.3 Å². The average Bonchev–Trinajstić information content (AvgIpc) is 2.74. The number of anilines is 4. The Morgan fingerprint density at radius 1 is 1.03 bits per heavy atom. The van der Waals surface area contributed by atoms with Crippen molar-refractivity contribution in [2.75, 3.05) is 34.8 Å². The minimum Gasteiger partial charge on any atom is -0.352 e. The zero-order chi connectivity index (χ0) is 22.0. The number of hydrogen-bond donors (Lipinski definition) is 1. The van der Waals surface area contributed by atoms with Crippen LogP contribution in [0.2, 0.25) is 5.02 Å². The summed E-state index contributed by atoms with van der Waals surface area (Å²) >= 11 is 6.34. The molecule has 1 aliphatic rings. The Bertz CT molecular complexity index is 1030. The SMILES string of the molecule is C[C@@H]1CN(c2ncccc2Cl)CCN1c1cc(Nc2ccc(C(C)(C)C)cc2)ncn1. The molecule has 1 atom stereocenters. The number of nitrogens with zero attached hydrogens (tertiary/aromatic N) is 5. The highest BCUT2D eigenvalue weighted by atomic mass is 35.5. The highest BCUT2D eigenvalue weighted by Gasteiger charge is 2.26. The Labute approximate surface area is 189 Å². The molecule has 7 heteroatoms. The molecule has 1 saturated heterocycles. The van der Waals surface area contributed by atoms with Crippen molar-refractivity contribution in [3.8, 4) is 0 Å². The van der Waals surface area contributed by atoms with E-state index in [-0.39, 0.29) is 11.5 Å². The first-order valence-corrected chi connectivity index (χ1v) is 11.0. The first-order chi connectivity index (χ1) is 14.8. The Balaban J connectivity index is 1.45. The van der Waals surface area contributed by atoms with Crippen LogP contribution in [-0.2, 0) is 5.41 Å². The molecule has 162 valence electrons. The Kier molecular flexibility index (Phi) is 6.01. The fraction of sp³-hybridized carbons (Fsp3) is 0.375. The molecule has 0 spiro atoms. The maximum atomic E-state index is 6.34. The van der Waals surface area contributed by atoms with Crippen LogP contribution in [0.25, 0.3) is 0 Å². The van der Waals surface area contributed by atoms with Gasteiger partial charge in [0, 0.05) is 43.6 Å². The van der Waals surface area contributed by atoms with Gasteiger partial charge in [0.25, 0.3) is 0 Å². The maximum absolute atomic E-state index is 6.34. The van der Waals surface area contributed by atoms with Crippen LogP contribution < -0.4 is 15.1 Å². The lowest BCUT2D eigenvalue weighted by Crippen LogP contribution is -2.52. The number of rotatable bonds is 4. The van der Waals surface area contributed by atoms with E-state index in [1.165, 1.54) is 5.56 Å². The lowest BCUT2D eigenvalue weighted by Gasteiger charge is -2.41. The van der Waals surface area contributed by atoms with Crippen LogP contribution in [0, 0.1) is 0 Å². The predicted octanol–water partition coefficient (Wildman–Crippen LogP) is 5.28. The molecule has 2 aromatic heterocycles. The molecule has 0 aliphatic carbocycles. The molecule has 3 heterocycles. The van der Waals surface area contributed by atoms with Crippen molar-refractivity contribution in [2.24, 2.45) is 0 Å². The van der Waals surface area contributed by atoms with Crippen LogP contribution >= 0.6 is 11.6 Å². The molecular weight excluding hydrogens is 408 g/mol. The van der Waals surface area contributed by atoms with Gasteiger partial charge in [0.15, 0.2) is 0 Å². The second-order valence-corrected chi connectivity index (χ2v) is 9.42. The largest absolute Gasteiger partial charge is 0.352 e. The molecule has 31 heavy (non-hydrogen) atoms. The topological polar surface area (TPSA) is 57.2 Å². The number of pyridine rings is 1. The molecule has 1 aliphatic heterocycles. The molecule has 0 saturated carbocycles. The Hall–Kier alpha value is -2.86. The molecule has 4 rings (SSSR count). The van der Waals surface area contributed by atoms with Gasteiger partial charge in [-0.3, -0.25) is 0 Å². The van der Waals surface area contributed by atoms with Gasteiger partial charge in [-0.15, -0.1) is 0 Å². The Morgan fingerprint density at radius 3 is 2.48 bits per heavy atom. The second-order valence-electron chi connectivity index (χ2n) is 9.01. The number of nitrogens with one attached hydrogen (secondary N) is 1. The molecule has 1 N–H and O–H groups in total. The molecule has 0 unspecified atom stereocenters. The average molecular weight is 437 g/mol. The van der Waals surface area contributed by atoms with Gasteiger partial charge in [-0.25, -0.2) is 15.0 Å². The molecule has 1 fully saturated rings. The van der Waals surface area contributed by atoms with E-state index in [0.717, 1.165) is 42.8 Å². The van der Waals surface area contributed by atoms with E-state index < -0.39 is 0 Å². The van der Waals surface area contributed by atoms with E-state index >= 15 is 0 Å². The van der Waals surface area contributed by atoms with Gasteiger partial charge in [-0.2, -0.15) is 0 Å². The van der Waals surface area contributed by atoms with Gasteiger partial charge in [-0.05, 0) is 42.2 Å². The summed E-state index contributed by atoms with van der Waals surface area (Å²) in [4.78, 5) is 17.9. The van der Waals surface area contributed by atoms with Crippen LogP contribution in [0.4, 0.5) is 23.1 Å². The molecule has 0 bridgehead atoms. The lowest BCUT2D eigenvalue weighted by molar-refractivity contribution is 0.542. The van der Waals surface area contributed by atoms with Crippen molar-refractivity contribution in [1.82, 2.24) is 15.0 Å². The zero-order valence-corrected chi connectivity index (χ0v) is 19.3. The fourth-order valence-electron chi connectivity index (χ4n) is 3.87. The minimum absolute atomic E-state index is 0.137. The van der Waals surface area contributed by atoms with Crippen LogP contribution in [-0.4, -0.2) is 40.6 Å². The summed E-state index contributed by atoms with van der Waals surface area (Å²) in [7, 11) is 0. The van der Waals surface area contributed by atoms with E-state index in [1.807, 2.05) is 18.2 Å². The Morgan fingerprint density at radius 2 is 1.81 bits per heavy atom. The zero-order valence-electron chi connectivity index (χ0n) is 18.5. The standard InChI is InChI=1S/C24H29ClN6/c1-17-15-30(23-20(25)6-5-11-26-23)12-13-31(17)22-14-21(27-16-28-22)29-19-9-7-18(8-10-19)24(2,3)4/h5-11,14,16-17H,12-13,15H2,1-4H3,(H,27,28,29)/t17-/m1/s1. The third kappa shape index (κ3) is 4.90. The van der Waals surface area contributed by atoms with E-state index in [9.17, 15) is 0 Å². The summed E-state index contributed by atoms with van der Waals surface area (Å²) in [5.74, 6) is 2.55. The molecular formula is C24H29ClN6. The van der Waals surface area contributed by atoms with Crippen LogP contribution in [0.3, 0.4) is 0 Å². The van der Waals surface area contributed by atoms with Crippen molar-refractivity contribution in [3.63, 3.8) is 0 Å². The summed E-state index contributed by atoms with van der Waals surface area (Å²) in [6.45, 7) is 11.4. The van der Waals surface area contributed by atoms with Crippen LogP contribution in [0.5, 0.6) is 0 Å². The summed E-state index contributed by atoms with van der Waals surface area (Å²) in [6.07, 6.45) is 3.41. The summed E-state index contributed by atoms with van der Waals surface area (Å²) < 4.78 is 0. The van der Waals surface area contributed by atoms with Gasteiger partial charge >= 0.3 is 0 Å². The van der Waals surface area contributed by atoms with E-state index in [2.05, 4.69) is 82.0 Å². The first-order valence-electron chi connectivity index (χ1n) is 10.6. The number of piperazine rings is 1. The minimum atomic E-state index is 0.137. The van der Waals surface area contributed by atoms with Crippen LogP contribution in [0.15, 0.2) is 55.0 Å². The molecule has 1 aromatic carbocycles. The number of halogens is 1. The first kappa shape index (κ1) is 21.4. The van der Waals surface area contributed by atoms with E-state index in [1.54, 1.807) is 12.5 Å². The predicted molar refractivity (Wildman–Crippen MR) is 129 cm³/mol. The van der Waals surface area contributed by atoms with Gasteiger partial charge in [0.05, 0.1) is 5.02 Å². The van der Waals surface area contributed by atoms with E-state index in [0.29, 0.717) is 5.02 Å². The van der Waals surface area contributed by atoms with Crippen molar-refractivity contribution in [2.45, 2.75) is 39.2 Å². The molecule has 0 radical (unpaired) electrons. The lowest BCUT2D eigenvalue weighted by atomic mass is 9.87. The van der Waals surface area contributed by atoms with Crippen molar-refractivity contribution in [1.29, 1.82) is 0 Å². The summed E-state index contributed by atoms with van der Waals surface area (Å²) in [5.41, 5.74) is 2.46. The third-order valence-electron chi connectivity index (χ3n) is 5.64. The van der Waals surface area contributed by atoms with E-state index in [4.69, 9.17) is 11.6 Å². The highest BCUT2D eigenvalue weighted by molar-refractivity contribution is 6.32. The number of hydrogen-bond acceptors (Lipinski definition) is 6. The monoisotopic (exact) mass is 436 g/mol. The molecule has 6 nitrogen and oxygen atoms in total. The second kappa shape index (κ2) is 8.71. The highest BCUT2D eigenvalue weighted by Crippen LogP contribution is 2.28. The smallest absolute Gasteiger partial charge is 0.147 e.